The molecular weight excluding hydrogens is 258 g/mol. The Morgan fingerprint density at radius 3 is 2.52 bits per heavy atom. The second-order valence-electron chi connectivity index (χ2n) is 6.88. The van der Waals surface area contributed by atoms with Gasteiger partial charge in [-0.2, -0.15) is 0 Å². The van der Waals surface area contributed by atoms with Crippen LogP contribution in [0.1, 0.15) is 30.4 Å². The number of likely N-dealkylation sites (tertiary alicyclic amines) is 1. The van der Waals surface area contributed by atoms with Gasteiger partial charge in [0.25, 0.3) is 0 Å². The summed E-state index contributed by atoms with van der Waals surface area (Å²) in [6.07, 6.45) is 9.16. The van der Waals surface area contributed by atoms with Crippen LogP contribution in [0.15, 0.2) is 47.6 Å². The Morgan fingerprint density at radius 2 is 1.81 bits per heavy atom. The van der Waals surface area contributed by atoms with Gasteiger partial charge in [0.1, 0.15) is 0 Å². The number of aliphatic hydroxyl groups is 1. The molecule has 0 saturated carbocycles. The van der Waals surface area contributed by atoms with E-state index in [0.29, 0.717) is 5.41 Å². The summed E-state index contributed by atoms with van der Waals surface area (Å²) in [4.78, 5) is 2.59. The first kappa shape index (κ1) is 13.3. The fourth-order valence-electron chi connectivity index (χ4n) is 4.28. The normalized spacial score (nSPS) is 23.5. The highest BCUT2D eigenvalue weighted by Gasteiger charge is 2.44. The Balaban J connectivity index is 1.35. The zero-order valence-corrected chi connectivity index (χ0v) is 12.5. The van der Waals surface area contributed by atoms with Gasteiger partial charge in [-0.25, -0.2) is 0 Å². The van der Waals surface area contributed by atoms with Crippen LogP contribution in [0.25, 0.3) is 0 Å². The number of hydrogen-bond donors (Lipinski definition) is 1. The summed E-state index contributed by atoms with van der Waals surface area (Å²) in [7, 11) is 0. The molecule has 1 N–H and O–H groups in total. The molecular formula is C19H23NO. The van der Waals surface area contributed by atoms with E-state index in [1.165, 1.54) is 37.9 Å². The van der Waals surface area contributed by atoms with Gasteiger partial charge in [-0.3, -0.25) is 4.90 Å². The molecule has 4 rings (SSSR count). The molecule has 0 aromatic heterocycles. The molecule has 1 aliphatic heterocycles. The maximum atomic E-state index is 9.18. The van der Waals surface area contributed by atoms with Crippen LogP contribution in [0.3, 0.4) is 0 Å². The van der Waals surface area contributed by atoms with E-state index in [-0.39, 0.29) is 6.61 Å². The third-order valence-corrected chi connectivity index (χ3v) is 5.57. The average Bonchev–Trinajstić information content (AvgIpc) is 2.96. The molecule has 3 aliphatic rings. The van der Waals surface area contributed by atoms with Crippen molar-refractivity contribution in [2.75, 3.05) is 26.2 Å². The van der Waals surface area contributed by atoms with E-state index >= 15 is 0 Å². The first-order valence-electron chi connectivity index (χ1n) is 8.08. The molecule has 1 aromatic rings. The molecule has 2 heteroatoms. The minimum absolute atomic E-state index is 0.208. The lowest BCUT2D eigenvalue weighted by molar-refractivity contribution is 0.152. The number of allylic oxidation sites excluding steroid dienone is 2. The van der Waals surface area contributed by atoms with Crippen LogP contribution < -0.4 is 0 Å². The Kier molecular flexibility index (Phi) is 3.24. The second-order valence-corrected chi connectivity index (χ2v) is 6.88. The van der Waals surface area contributed by atoms with Gasteiger partial charge < -0.3 is 5.11 Å². The van der Waals surface area contributed by atoms with Crippen molar-refractivity contribution in [3.63, 3.8) is 0 Å². The first-order chi connectivity index (χ1) is 10.3. The van der Waals surface area contributed by atoms with E-state index in [1.54, 1.807) is 11.1 Å². The van der Waals surface area contributed by atoms with E-state index in [9.17, 15) is 5.11 Å². The van der Waals surface area contributed by atoms with Crippen molar-refractivity contribution in [2.45, 2.75) is 31.1 Å². The van der Waals surface area contributed by atoms with Crippen LogP contribution in [0.2, 0.25) is 0 Å². The SMILES string of the molecule is OCC1=CC=C(CN2CCC3(CC2)Cc2ccccc23)C1. The van der Waals surface area contributed by atoms with E-state index in [0.717, 1.165) is 18.5 Å². The topological polar surface area (TPSA) is 23.5 Å². The van der Waals surface area contributed by atoms with Crippen LogP contribution >= 0.6 is 0 Å². The van der Waals surface area contributed by atoms with Gasteiger partial charge in [-0.05, 0) is 55.5 Å². The van der Waals surface area contributed by atoms with E-state index in [4.69, 9.17) is 0 Å². The Bertz CT molecular complexity index is 606. The van der Waals surface area contributed by atoms with Gasteiger partial charge in [0.05, 0.1) is 6.61 Å². The van der Waals surface area contributed by atoms with Crippen LogP contribution in [-0.2, 0) is 11.8 Å². The molecule has 0 unspecified atom stereocenters. The number of rotatable bonds is 3. The standard InChI is InChI=1S/C19H23NO/c21-14-16-6-5-15(11-16)13-20-9-7-19(8-10-20)12-17-3-1-2-4-18(17)19/h1-6,21H,7-14H2. The molecule has 0 bridgehead atoms. The third kappa shape index (κ3) is 2.27. The Morgan fingerprint density at radius 1 is 1.05 bits per heavy atom. The Labute approximate surface area is 126 Å². The Hall–Kier alpha value is -1.38. The summed E-state index contributed by atoms with van der Waals surface area (Å²) in [5.41, 5.74) is 6.30. The van der Waals surface area contributed by atoms with E-state index in [2.05, 4.69) is 41.3 Å². The van der Waals surface area contributed by atoms with Crippen molar-refractivity contribution < 1.29 is 5.11 Å². The molecule has 1 saturated heterocycles. The van der Waals surface area contributed by atoms with Crippen molar-refractivity contribution in [1.82, 2.24) is 4.90 Å². The fourth-order valence-corrected chi connectivity index (χ4v) is 4.28. The summed E-state index contributed by atoms with van der Waals surface area (Å²) in [5, 5.41) is 9.18. The number of aliphatic hydroxyl groups excluding tert-OH is 1. The summed E-state index contributed by atoms with van der Waals surface area (Å²) >= 11 is 0. The van der Waals surface area contributed by atoms with Crippen LogP contribution in [0.4, 0.5) is 0 Å². The lowest BCUT2D eigenvalue weighted by Crippen LogP contribution is -2.49. The van der Waals surface area contributed by atoms with Gasteiger partial charge in [-0.15, -0.1) is 0 Å². The third-order valence-electron chi connectivity index (χ3n) is 5.57. The predicted octanol–water partition coefficient (Wildman–Crippen LogP) is 2.83. The summed E-state index contributed by atoms with van der Waals surface area (Å²) in [5.74, 6) is 0. The van der Waals surface area contributed by atoms with E-state index in [1.807, 2.05) is 0 Å². The highest BCUT2D eigenvalue weighted by atomic mass is 16.3. The van der Waals surface area contributed by atoms with Crippen LogP contribution in [-0.4, -0.2) is 36.2 Å². The van der Waals surface area contributed by atoms with Crippen molar-refractivity contribution in [3.8, 4) is 0 Å². The predicted molar refractivity (Wildman–Crippen MR) is 85.4 cm³/mol. The maximum absolute atomic E-state index is 9.18. The van der Waals surface area contributed by atoms with Gasteiger partial charge in [0.2, 0.25) is 0 Å². The minimum atomic E-state index is 0.208. The van der Waals surface area contributed by atoms with Gasteiger partial charge >= 0.3 is 0 Å². The van der Waals surface area contributed by atoms with Gasteiger partial charge in [0.15, 0.2) is 0 Å². The molecule has 1 spiro atoms. The second kappa shape index (κ2) is 5.11. The summed E-state index contributed by atoms with van der Waals surface area (Å²) < 4.78 is 0. The van der Waals surface area contributed by atoms with Gasteiger partial charge in [0, 0.05) is 12.0 Å². The van der Waals surface area contributed by atoms with Crippen molar-refractivity contribution in [2.24, 2.45) is 0 Å². The monoisotopic (exact) mass is 281 g/mol. The zero-order valence-electron chi connectivity index (χ0n) is 12.5. The smallest absolute Gasteiger partial charge is 0.0647 e. The molecule has 110 valence electrons. The fraction of sp³-hybridized carbons (Fsp3) is 0.474. The number of fused-ring (bicyclic) bond motifs is 2. The van der Waals surface area contributed by atoms with Gasteiger partial charge in [-0.1, -0.05) is 42.0 Å². The number of hydrogen-bond acceptors (Lipinski definition) is 2. The minimum Gasteiger partial charge on any atom is -0.392 e. The molecule has 0 radical (unpaired) electrons. The highest BCUT2D eigenvalue weighted by Crippen LogP contribution is 2.48. The molecule has 1 fully saturated rings. The zero-order chi connectivity index (χ0) is 14.3. The van der Waals surface area contributed by atoms with Crippen molar-refractivity contribution >= 4 is 0 Å². The molecule has 2 aliphatic carbocycles. The first-order valence-corrected chi connectivity index (χ1v) is 8.08. The maximum Gasteiger partial charge on any atom is 0.0647 e. The molecule has 21 heavy (non-hydrogen) atoms. The quantitative estimate of drug-likeness (QED) is 0.921. The number of benzene rings is 1. The molecule has 0 amide bonds. The van der Waals surface area contributed by atoms with Crippen LogP contribution in [0.5, 0.6) is 0 Å². The average molecular weight is 281 g/mol. The molecule has 0 atom stereocenters. The highest BCUT2D eigenvalue weighted by molar-refractivity contribution is 5.45. The number of piperidine rings is 1. The van der Waals surface area contributed by atoms with Crippen LogP contribution in [0, 0.1) is 0 Å². The van der Waals surface area contributed by atoms with E-state index < -0.39 is 0 Å². The van der Waals surface area contributed by atoms with Crippen molar-refractivity contribution in [1.29, 1.82) is 0 Å². The largest absolute Gasteiger partial charge is 0.392 e. The van der Waals surface area contributed by atoms with Crippen molar-refractivity contribution in [3.05, 3.63) is 58.7 Å². The number of nitrogens with zero attached hydrogens (tertiary/aromatic N) is 1. The molecule has 1 aromatic carbocycles. The molecule has 1 heterocycles. The lowest BCUT2D eigenvalue weighted by Gasteiger charge is -2.49. The summed E-state index contributed by atoms with van der Waals surface area (Å²) in [6.45, 7) is 3.71. The molecule has 2 nitrogen and oxygen atoms in total. The summed E-state index contributed by atoms with van der Waals surface area (Å²) in [6, 6.07) is 8.99. The lowest BCUT2D eigenvalue weighted by atomic mass is 9.59.